The molecule has 0 radical (unpaired) electrons. The van der Waals surface area contributed by atoms with Crippen LogP contribution in [0.2, 0.25) is 0 Å². The molecule has 0 aliphatic carbocycles. The molecule has 0 fully saturated rings. The minimum Gasteiger partial charge on any atom is -0.295 e. The summed E-state index contributed by atoms with van der Waals surface area (Å²) in [4.78, 5) is 12.7. The molecule has 29 heavy (non-hydrogen) atoms. The molecule has 1 aromatic carbocycles. The second-order valence-electron chi connectivity index (χ2n) is 7.93. The average Bonchev–Trinajstić information content (AvgIpc) is 2.67. The highest BCUT2D eigenvalue weighted by Gasteiger charge is 2.28. The first kappa shape index (κ1) is 24.4. The number of ketones is 1. The quantitative estimate of drug-likeness (QED) is 0.324. The lowest BCUT2D eigenvalue weighted by Gasteiger charge is -2.27. The predicted octanol–water partition coefficient (Wildman–Crippen LogP) is 7.51. The molecule has 0 amide bonds. The van der Waals surface area contributed by atoms with E-state index in [4.69, 9.17) is 0 Å². The van der Waals surface area contributed by atoms with Gasteiger partial charge in [-0.25, -0.2) is 0 Å². The Morgan fingerprint density at radius 2 is 1.90 bits per heavy atom. The predicted molar refractivity (Wildman–Crippen MR) is 124 cm³/mol. The summed E-state index contributed by atoms with van der Waals surface area (Å²) in [5.41, 5.74) is 7.83. The van der Waals surface area contributed by atoms with E-state index < -0.39 is 0 Å². The third-order valence-corrected chi connectivity index (χ3v) is 5.31. The van der Waals surface area contributed by atoms with Crippen molar-refractivity contribution in [1.82, 2.24) is 0 Å². The van der Waals surface area contributed by atoms with Gasteiger partial charge in [-0.2, -0.15) is 5.26 Å². The Kier molecular flexibility index (Phi) is 9.56. The largest absolute Gasteiger partial charge is 0.295 e. The van der Waals surface area contributed by atoms with Gasteiger partial charge in [-0.15, -0.1) is 0 Å². The molecular formula is C27H35NO. The van der Waals surface area contributed by atoms with Crippen LogP contribution in [0.15, 0.2) is 64.8 Å². The third kappa shape index (κ3) is 6.43. The summed E-state index contributed by atoms with van der Waals surface area (Å²) in [6, 6.07) is 7.95. The van der Waals surface area contributed by atoms with Gasteiger partial charge >= 0.3 is 0 Å². The van der Waals surface area contributed by atoms with Crippen LogP contribution in [-0.2, 0) is 4.79 Å². The van der Waals surface area contributed by atoms with Crippen molar-refractivity contribution in [2.45, 2.75) is 73.6 Å². The number of Topliss-reactive ketones (excluding diaryl/α,β-unsaturated/α-hetero) is 1. The summed E-state index contributed by atoms with van der Waals surface area (Å²) < 4.78 is 0. The Labute approximate surface area is 177 Å². The van der Waals surface area contributed by atoms with Gasteiger partial charge in [0.1, 0.15) is 0 Å². The summed E-state index contributed by atoms with van der Waals surface area (Å²) in [6.07, 6.45) is 7.31. The lowest BCUT2D eigenvalue weighted by Crippen LogP contribution is -2.16. The van der Waals surface area contributed by atoms with Gasteiger partial charge < -0.3 is 0 Å². The van der Waals surface area contributed by atoms with Crippen molar-refractivity contribution in [3.8, 4) is 6.07 Å². The summed E-state index contributed by atoms with van der Waals surface area (Å²) in [6.45, 7) is 18.3. The average molecular weight is 390 g/mol. The van der Waals surface area contributed by atoms with Crippen LogP contribution in [0.1, 0.15) is 83.4 Å². The second-order valence-corrected chi connectivity index (χ2v) is 7.93. The van der Waals surface area contributed by atoms with E-state index in [1.54, 1.807) is 6.92 Å². The summed E-state index contributed by atoms with van der Waals surface area (Å²) in [5, 5.41) is 9.28. The van der Waals surface area contributed by atoms with Gasteiger partial charge in [0.15, 0.2) is 5.78 Å². The van der Waals surface area contributed by atoms with E-state index in [0.717, 1.165) is 58.3 Å². The molecular weight excluding hydrogens is 354 g/mol. The van der Waals surface area contributed by atoms with Crippen molar-refractivity contribution in [3.63, 3.8) is 0 Å². The van der Waals surface area contributed by atoms with Crippen molar-refractivity contribution in [2.75, 3.05) is 0 Å². The molecule has 0 saturated heterocycles. The van der Waals surface area contributed by atoms with Crippen molar-refractivity contribution < 1.29 is 4.79 Å². The third-order valence-electron chi connectivity index (χ3n) is 5.31. The van der Waals surface area contributed by atoms with Crippen LogP contribution >= 0.6 is 0 Å². The molecule has 154 valence electrons. The van der Waals surface area contributed by atoms with Gasteiger partial charge in [0.25, 0.3) is 0 Å². The number of carbonyl (C=O) groups is 1. The van der Waals surface area contributed by atoms with Crippen LogP contribution in [0.25, 0.3) is 0 Å². The van der Waals surface area contributed by atoms with Crippen LogP contribution in [0.5, 0.6) is 0 Å². The van der Waals surface area contributed by atoms with Crippen LogP contribution in [0.4, 0.5) is 0 Å². The summed E-state index contributed by atoms with van der Waals surface area (Å²) in [5.74, 6) is -0.115. The Morgan fingerprint density at radius 3 is 2.34 bits per heavy atom. The molecule has 0 N–H and O–H groups in total. The van der Waals surface area contributed by atoms with Gasteiger partial charge in [-0.1, -0.05) is 54.9 Å². The highest BCUT2D eigenvalue weighted by Crippen LogP contribution is 2.40. The maximum absolute atomic E-state index is 12.7. The van der Waals surface area contributed by atoms with E-state index in [-0.39, 0.29) is 11.7 Å². The number of hydrogen-bond acceptors (Lipinski definition) is 2. The number of unbranched alkanes of at least 4 members (excludes halogenated alkanes) is 1. The monoisotopic (exact) mass is 389 g/mol. The molecule has 2 heteroatoms. The van der Waals surface area contributed by atoms with Crippen LogP contribution in [-0.4, -0.2) is 5.78 Å². The first-order valence-electron chi connectivity index (χ1n) is 10.4. The van der Waals surface area contributed by atoms with E-state index in [0.29, 0.717) is 5.56 Å². The number of nitriles is 1. The smallest absolute Gasteiger partial charge is 0.156 e. The highest BCUT2D eigenvalue weighted by molar-refractivity contribution is 5.96. The first-order valence-corrected chi connectivity index (χ1v) is 10.4. The van der Waals surface area contributed by atoms with Crippen molar-refractivity contribution in [1.29, 1.82) is 5.26 Å². The van der Waals surface area contributed by atoms with Crippen molar-refractivity contribution in [2.24, 2.45) is 0 Å². The Morgan fingerprint density at radius 1 is 1.24 bits per heavy atom. The summed E-state index contributed by atoms with van der Waals surface area (Å²) >= 11 is 0. The zero-order valence-corrected chi connectivity index (χ0v) is 19.1. The van der Waals surface area contributed by atoms with E-state index in [1.807, 2.05) is 45.9 Å². The topological polar surface area (TPSA) is 40.9 Å². The van der Waals surface area contributed by atoms with Crippen LogP contribution < -0.4 is 0 Å². The molecule has 1 unspecified atom stereocenters. The lowest BCUT2D eigenvalue weighted by molar-refractivity contribution is -0.113. The maximum Gasteiger partial charge on any atom is 0.156 e. The zero-order chi connectivity index (χ0) is 22.1. The van der Waals surface area contributed by atoms with Crippen molar-refractivity contribution >= 4 is 5.78 Å². The number of aryl methyl sites for hydroxylation is 1. The molecule has 0 aromatic heterocycles. The minimum absolute atomic E-state index is 0.0751. The standard InChI is InChI=1S/C27H35NO/c1-9-11-12-20(6)25(15-19(5)10-2)27(26(18(3)4)22(8)29)24-14-13-23(17-28)16-21(24)7/h10,13-16,27H,6,9,11-12H2,1-5,7-8H3/b19-10-,25-15+. The van der Waals surface area contributed by atoms with E-state index >= 15 is 0 Å². The number of benzene rings is 1. The minimum atomic E-state index is -0.190. The number of carbonyl (C=O) groups excluding carboxylic acids is 1. The number of allylic oxidation sites excluding steroid dienone is 7. The molecule has 2 nitrogen and oxygen atoms in total. The van der Waals surface area contributed by atoms with Gasteiger partial charge in [0.2, 0.25) is 0 Å². The van der Waals surface area contributed by atoms with Gasteiger partial charge in [-0.3, -0.25) is 4.79 Å². The van der Waals surface area contributed by atoms with E-state index in [2.05, 4.69) is 38.6 Å². The number of hydrogen-bond donors (Lipinski definition) is 0. The fraction of sp³-hybridized carbons (Fsp3) is 0.407. The molecule has 0 heterocycles. The maximum atomic E-state index is 12.7. The molecule has 1 rings (SSSR count). The Hall–Kier alpha value is -2.66. The second kappa shape index (κ2) is 11.4. The Bertz CT molecular complexity index is 899. The normalized spacial score (nSPS) is 12.9. The van der Waals surface area contributed by atoms with E-state index in [9.17, 15) is 10.1 Å². The fourth-order valence-corrected chi connectivity index (χ4v) is 3.64. The van der Waals surface area contributed by atoms with Crippen LogP contribution in [0.3, 0.4) is 0 Å². The molecule has 1 aromatic rings. The van der Waals surface area contributed by atoms with Gasteiger partial charge in [-0.05, 0) is 83.2 Å². The molecule has 1 atom stereocenters. The van der Waals surface area contributed by atoms with E-state index in [1.165, 1.54) is 0 Å². The number of rotatable bonds is 9. The number of nitrogens with zero attached hydrogens (tertiary/aromatic N) is 1. The van der Waals surface area contributed by atoms with Gasteiger partial charge in [0, 0.05) is 11.5 Å². The lowest BCUT2D eigenvalue weighted by atomic mass is 9.75. The SMILES string of the molecule is C=C(CCCC)/C(=C\C(C)=C/C)C(C(C(C)=O)=C(C)C)c1ccc(C#N)cc1C. The zero-order valence-electron chi connectivity index (χ0n) is 19.1. The summed E-state index contributed by atoms with van der Waals surface area (Å²) in [7, 11) is 0. The molecule has 0 aliphatic heterocycles. The van der Waals surface area contributed by atoms with Crippen LogP contribution in [0, 0.1) is 18.3 Å². The fourth-order valence-electron chi connectivity index (χ4n) is 3.64. The molecule has 0 bridgehead atoms. The molecule has 0 saturated carbocycles. The molecule has 0 aliphatic rings. The van der Waals surface area contributed by atoms with Gasteiger partial charge in [0.05, 0.1) is 11.6 Å². The van der Waals surface area contributed by atoms with Crippen molar-refractivity contribution in [3.05, 3.63) is 81.5 Å². The molecule has 0 spiro atoms. The Balaban J connectivity index is 3.87. The first-order chi connectivity index (χ1) is 13.7. The highest BCUT2D eigenvalue weighted by atomic mass is 16.1.